The van der Waals surface area contributed by atoms with Crippen LogP contribution in [-0.2, 0) is 17.9 Å². The summed E-state index contributed by atoms with van der Waals surface area (Å²) < 4.78 is 7.19. The van der Waals surface area contributed by atoms with Crippen molar-refractivity contribution < 1.29 is 14.3 Å². The van der Waals surface area contributed by atoms with Gasteiger partial charge in [-0.15, -0.1) is 0 Å². The minimum atomic E-state index is -0.988. The highest BCUT2D eigenvalue weighted by Crippen LogP contribution is 2.29. The molecule has 0 saturated heterocycles. The van der Waals surface area contributed by atoms with Crippen LogP contribution < -0.4 is 0 Å². The van der Waals surface area contributed by atoms with Gasteiger partial charge < -0.3 is 14.4 Å². The van der Waals surface area contributed by atoms with E-state index in [1.807, 2.05) is 28.5 Å². The fraction of sp³-hybridized carbons (Fsp3) is 0.333. The Bertz CT molecular complexity index is 915. The van der Waals surface area contributed by atoms with E-state index in [4.69, 9.17) is 4.42 Å². The molecule has 3 heterocycles. The highest BCUT2D eigenvalue weighted by molar-refractivity contribution is 7.97. The van der Waals surface area contributed by atoms with Crippen LogP contribution >= 0.6 is 11.9 Å². The van der Waals surface area contributed by atoms with Gasteiger partial charge in [-0.05, 0) is 38.1 Å². The smallest absolute Gasteiger partial charge is 0.226 e. The van der Waals surface area contributed by atoms with Crippen LogP contribution in [0.1, 0.15) is 31.5 Å². The maximum absolute atomic E-state index is 12.2. The highest BCUT2D eigenvalue weighted by atomic mass is 32.2. The average Bonchev–Trinajstić information content (AvgIpc) is 3.18. The van der Waals surface area contributed by atoms with Crippen molar-refractivity contribution in [3.63, 3.8) is 0 Å². The Balaban J connectivity index is 1.45. The zero-order valence-electron chi connectivity index (χ0n) is 14.1. The van der Waals surface area contributed by atoms with Crippen molar-refractivity contribution in [3.05, 3.63) is 48.0 Å². The molecule has 0 radical (unpaired) electrons. The predicted molar refractivity (Wildman–Crippen MR) is 94.9 cm³/mol. The SMILES string of the molecule is CC(C)(O)CC(=O)N1Cc2cn(Sc3ccc4occc4c3)nc2C1. The van der Waals surface area contributed by atoms with E-state index < -0.39 is 5.60 Å². The monoisotopic (exact) mass is 357 g/mol. The van der Waals surface area contributed by atoms with E-state index >= 15 is 0 Å². The molecule has 1 aliphatic heterocycles. The molecule has 3 aromatic rings. The van der Waals surface area contributed by atoms with Gasteiger partial charge >= 0.3 is 0 Å². The van der Waals surface area contributed by atoms with Gasteiger partial charge in [-0.3, -0.25) is 4.79 Å². The molecule has 1 N–H and O–H groups in total. The summed E-state index contributed by atoms with van der Waals surface area (Å²) in [7, 11) is 0. The second kappa shape index (κ2) is 5.93. The number of hydrogen-bond acceptors (Lipinski definition) is 5. The largest absolute Gasteiger partial charge is 0.464 e. The first kappa shape index (κ1) is 16.2. The van der Waals surface area contributed by atoms with E-state index in [0.717, 1.165) is 27.1 Å². The zero-order valence-corrected chi connectivity index (χ0v) is 14.9. The van der Waals surface area contributed by atoms with E-state index in [0.29, 0.717) is 13.1 Å². The van der Waals surface area contributed by atoms with Crippen molar-refractivity contribution in [1.82, 2.24) is 14.1 Å². The topological polar surface area (TPSA) is 71.5 Å². The molecular weight excluding hydrogens is 338 g/mol. The lowest BCUT2D eigenvalue weighted by Gasteiger charge is -2.21. The molecule has 1 aliphatic rings. The summed E-state index contributed by atoms with van der Waals surface area (Å²) in [5.41, 5.74) is 1.86. The number of carbonyl (C=O) groups excluding carboxylic acids is 1. The number of furan rings is 1. The van der Waals surface area contributed by atoms with E-state index in [9.17, 15) is 9.90 Å². The molecule has 0 spiro atoms. The van der Waals surface area contributed by atoms with Gasteiger partial charge in [0.15, 0.2) is 0 Å². The van der Waals surface area contributed by atoms with Crippen molar-refractivity contribution in [2.75, 3.05) is 0 Å². The zero-order chi connectivity index (χ0) is 17.6. The lowest BCUT2D eigenvalue weighted by molar-refractivity contribution is -0.136. The molecular formula is C18H19N3O3S. The van der Waals surface area contributed by atoms with Gasteiger partial charge in [-0.2, -0.15) is 5.10 Å². The number of nitrogens with zero attached hydrogens (tertiary/aromatic N) is 3. The Kier molecular flexibility index (Phi) is 3.85. The number of fused-ring (bicyclic) bond motifs is 2. The van der Waals surface area contributed by atoms with Crippen LogP contribution in [0.15, 0.2) is 46.0 Å². The molecule has 0 saturated carbocycles. The Labute approximate surface area is 149 Å². The van der Waals surface area contributed by atoms with Gasteiger partial charge in [0.2, 0.25) is 5.91 Å². The summed E-state index contributed by atoms with van der Waals surface area (Å²) in [6, 6.07) is 7.96. The number of amides is 1. The maximum atomic E-state index is 12.2. The summed E-state index contributed by atoms with van der Waals surface area (Å²) in [5, 5.41) is 15.5. The van der Waals surface area contributed by atoms with Gasteiger partial charge in [-0.25, -0.2) is 4.09 Å². The molecule has 0 fully saturated rings. The van der Waals surface area contributed by atoms with Crippen LogP contribution in [0.3, 0.4) is 0 Å². The second-order valence-electron chi connectivity index (χ2n) is 6.95. The van der Waals surface area contributed by atoms with Crippen LogP contribution in [0.4, 0.5) is 0 Å². The van der Waals surface area contributed by atoms with Gasteiger partial charge in [-0.1, -0.05) is 0 Å². The molecule has 130 valence electrons. The van der Waals surface area contributed by atoms with E-state index in [-0.39, 0.29) is 12.3 Å². The average molecular weight is 357 g/mol. The molecule has 0 atom stereocenters. The normalized spacial score (nSPS) is 14.3. The standard InChI is InChI=1S/C18H19N3O3S/c1-18(2,23)8-17(22)20-9-13-10-21(19-15(13)11-20)25-14-3-4-16-12(7-14)5-6-24-16/h3-7,10,23H,8-9,11H2,1-2H3. The van der Waals surface area contributed by atoms with Gasteiger partial charge in [0.1, 0.15) is 5.58 Å². The van der Waals surface area contributed by atoms with Crippen LogP contribution in [0, 0.1) is 0 Å². The first-order valence-electron chi connectivity index (χ1n) is 8.11. The van der Waals surface area contributed by atoms with E-state index in [1.54, 1.807) is 25.0 Å². The highest BCUT2D eigenvalue weighted by Gasteiger charge is 2.29. The van der Waals surface area contributed by atoms with Gasteiger partial charge in [0.05, 0.1) is 30.5 Å². The fourth-order valence-electron chi connectivity index (χ4n) is 2.94. The third-order valence-corrected chi connectivity index (χ3v) is 4.96. The molecule has 7 heteroatoms. The Morgan fingerprint density at radius 1 is 1.36 bits per heavy atom. The number of rotatable bonds is 4. The second-order valence-corrected chi connectivity index (χ2v) is 7.98. The lowest BCUT2D eigenvalue weighted by atomic mass is 10.1. The molecule has 1 aromatic carbocycles. The number of carbonyl (C=O) groups is 1. The van der Waals surface area contributed by atoms with Crippen LogP contribution in [0.2, 0.25) is 0 Å². The summed E-state index contributed by atoms with van der Waals surface area (Å²) >= 11 is 1.53. The molecule has 0 unspecified atom stereocenters. The molecule has 25 heavy (non-hydrogen) atoms. The Morgan fingerprint density at radius 2 is 2.20 bits per heavy atom. The molecule has 0 aliphatic carbocycles. The Hall–Kier alpha value is -2.25. The fourth-order valence-corrected chi connectivity index (χ4v) is 3.79. The summed E-state index contributed by atoms with van der Waals surface area (Å²) in [5.74, 6) is -0.0462. The third kappa shape index (κ3) is 3.43. The van der Waals surface area contributed by atoms with Crippen LogP contribution in [-0.4, -0.2) is 30.7 Å². The quantitative estimate of drug-likeness (QED) is 0.776. The summed E-state index contributed by atoms with van der Waals surface area (Å²) in [6.07, 6.45) is 3.77. The van der Waals surface area contributed by atoms with Gasteiger partial charge in [0.25, 0.3) is 0 Å². The predicted octanol–water partition coefficient (Wildman–Crippen LogP) is 3.19. The van der Waals surface area contributed by atoms with Crippen molar-refractivity contribution in [1.29, 1.82) is 0 Å². The minimum absolute atomic E-state index is 0.0462. The summed E-state index contributed by atoms with van der Waals surface area (Å²) in [6.45, 7) is 4.34. The lowest BCUT2D eigenvalue weighted by Crippen LogP contribution is -2.33. The first-order chi connectivity index (χ1) is 11.9. The van der Waals surface area contributed by atoms with Crippen molar-refractivity contribution >= 4 is 28.8 Å². The summed E-state index contributed by atoms with van der Waals surface area (Å²) in [4.78, 5) is 15.0. The van der Waals surface area contributed by atoms with Gasteiger partial charge in [0, 0.05) is 40.5 Å². The molecule has 2 aromatic heterocycles. The Morgan fingerprint density at radius 3 is 2.96 bits per heavy atom. The number of aromatic nitrogens is 2. The van der Waals surface area contributed by atoms with Crippen molar-refractivity contribution in [3.8, 4) is 0 Å². The molecule has 1 amide bonds. The van der Waals surface area contributed by atoms with Crippen molar-refractivity contribution in [2.45, 2.75) is 43.9 Å². The molecule has 4 rings (SSSR count). The first-order valence-corrected chi connectivity index (χ1v) is 8.88. The molecule has 6 nitrogen and oxygen atoms in total. The molecule has 0 bridgehead atoms. The third-order valence-electron chi connectivity index (χ3n) is 4.12. The maximum Gasteiger partial charge on any atom is 0.226 e. The number of benzene rings is 1. The van der Waals surface area contributed by atoms with E-state index in [1.165, 1.54) is 11.9 Å². The number of hydrogen-bond donors (Lipinski definition) is 1. The number of aliphatic hydroxyl groups is 1. The van der Waals surface area contributed by atoms with Crippen LogP contribution in [0.25, 0.3) is 11.0 Å². The van der Waals surface area contributed by atoms with E-state index in [2.05, 4.69) is 11.2 Å². The minimum Gasteiger partial charge on any atom is -0.464 e. The van der Waals surface area contributed by atoms with Crippen molar-refractivity contribution in [2.24, 2.45) is 0 Å². The van der Waals surface area contributed by atoms with Crippen LogP contribution in [0.5, 0.6) is 0 Å².